The molecule has 0 fully saturated rings. The number of aromatic nitrogens is 7. The van der Waals surface area contributed by atoms with E-state index in [1.165, 1.54) is 0 Å². The molecule has 0 saturated carbocycles. The summed E-state index contributed by atoms with van der Waals surface area (Å²) in [6.07, 6.45) is 3.44. The number of aryl methyl sites for hydroxylation is 2. The zero-order valence-corrected chi connectivity index (χ0v) is 28.9. The second-order valence-corrected chi connectivity index (χ2v) is 12.6. The minimum absolute atomic E-state index is 0.0788. The van der Waals surface area contributed by atoms with Gasteiger partial charge in [0.25, 0.3) is 5.95 Å². The van der Waals surface area contributed by atoms with Crippen LogP contribution in [0.1, 0.15) is 36.7 Å². The predicted octanol–water partition coefficient (Wildman–Crippen LogP) is 10.1. The van der Waals surface area contributed by atoms with Crippen molar-refractivity contribution in [1.29, 1.82) is 0 Å². The number of rotatable bonds is 10. The maximum atomic E-state index is 6.36. The average molecular weight is 688 g/mol. The van der Waals surface area contributed by atoms with Gasteiger partial charge in [0.1, 0.15) is 34.5 Å². The first kappa shape index (κ1) is 32.3. The summed E-state index contributed by atoms with van der Waals surface area (Å²) in [6.45, 7) is 7.99. The highest BCUT2D eigenvalue weighted by Crippen LogP contribution is 2.38. The Balaban J connectivity index is 1.14. The van der Waals surface area contributed by atoms with Crippen molar-refractivity contribution in [1.82, 2.24) is 34.9 Å². The van der Waals surface area contributed by atoms with Gasteiger partial charge in [-0.2, -0.15) is 0 Å². The highest BCUT2D eigenvalue weighted by atomic mass is 16.5. The molecule has 0 spiro atoms. The van der Waals surface area contributed by atoms with Crippen LogP contribution in [0.5, 0.6) is 46.3 Å². The zero-order chi connectivity index (χ0) is 35.6. The fourth-order valence-corrected chi connectivity index (χ4v) is 5.72. The van der Waals surface area contributed by atoms with Crippen LogP contribution in [0.25, 0.3) is 27.8 Å². The van der Waals surface area contributed by atoms with Gasteiger partial charge in [0, 0.05) is 65.5 Å². The molecular formula is C41H33N7O4. The summed E-state index contributed by atoms with van der Waals surface area (Å²) in [5, 5.41) is 19.7. The summed E-state index contributed by atoms with van der Waals surface area (Å²) in [5.41, 5.74) is 3.73. The molecule has 8 aromatic rings. The van der Waals surface area contributed by atoms with Gasteiger partial charge in [-0.15, -0.1) is 20.4 Å². The molecule has 11 heteroatoms. The van der Waals surface area contributed by atoms with Gasteiger partial charge in [0.15, 0.2) is 5.82 Å². The van der Waals surface area contributed by atoms with Crippen molar-refractivity contribution in [3.63, 3.8) is 0 Å². The quantitative estimate of drug-likeness (QED) is 0.137. The molecular weight excluding hydrogens is 654 g/mol. The molecule has 0 aliphatic carbocycles. The molecule has 0 saturated heterocycles. The van der Waals surface area contributed by atoms with E-state index in [-0.39, 0.29) is 5.92 Å². The molecule has 0 aliphatic heterocycles. The fraction of sp³-hybridized carbons (Fsp3) is 0.122. The Morgan fingerprint density at radius 3 is 1.37 bits per heavy atom. The Kier molecular flexibility index (Phi) is 8.58. The zero-order valence-electron chi connectivity index (χ0n) is 28.9. The smallest absolute Gasteiger partial charge is 0.273 e. The minimum Gasteiger partial charge on any atom is -0.457 e. The number of pyridine rings is 2. The highest BCUT2D eigenvalue weighted by Gasteiger charge is 2.18. The number of fused-ring (bicyclic) bond motifs is 3. The maximum absolute atomic E-state index is 6.36. The molecule has 4 aromatic carbocycles. The molecule has 0 aliphatic rings. The van der Waals surface area contributed by atoms with Crippen LogP contribution in [0.2, 0.25) is 0 Å². The Bertz CT molecular complexity index is 2400. The first-order valence-electron chi connectivity index (χ1n) is 16.8. The van der Waals surface area contributed by atoms with Crippen LogP contribution in [0.15, 0.2) is 122 Å². The standard InChI is InChI=1S/C41H33N7O4/c1-25(2)40-44-46-41(47-45-40)48-36-23-32(49-28-7-5-9-30(21-28)51-38-19-26(3)15-17-42-38)11-13-34(36)35-14-12-33(24-37(35)48)50-29-8-6-10-31(22-29)52-39-20-27(4)16-18-43-39/h5-25H,1-4H3. The van der Waals surface area contributed by atoms with Crippen molar-refractivity contribution < 1.29 is 18.9 Å². The molecule has 8 rings (SSSR count). The molecule has 4 aromatic heterocycles. The first-order valence-corrected chi connectivity index (χ1v) is 16.8. The van der Waals surface area contributed by atoms with Crippen LogP contribution >= 0.6 is 0 Å². The molecule has 0 N–H and O–H groups in total. The highest BCUT2D eigenvalue weighted by molar-refractivity contribution is 6.09. The summed E-state index contributed by atoms with van der Waals surface area (Å²) in [5.74, 6) is 5.63. The second-order valence-electron chi connectivity index (χ2n) is 12.6. The molecule has 0 bridgehead atoms. The third kappa shape index (κ3) is 6.92. The summed E-state index contributed by atoms with van der Waals surface area (Å²) >= 11 is 0. The first-order chi connectivity index (χ1) is 25.3. The largest absolute Gasteiger partial charge is 0.457 e. The van der Waals surface area contributed by atoms with Crippen molar-refractivity contribution in [3.8, 4) is 52.2 Å². The summed E-state index contributed by atoms with van der Waals surface area (Å²) in [7, 11) is 0. The monoisotopic (exact) mass is 687 g/mol. The van der Waals surface area contributed by atoms with Gasteiger partial charge in [0.2, 0.25) is 11.8 Å². The molecule has 11 nitrogen and oxygen atoms in total. The Morgan fingerprint density at radius 1 is 0.481 bits per heavy atom. The van der Waals surface area contributed by atoms with Gasteiger partial charge in [-0.05, 0) is 85.6 Å². The van der Waals surface area contributed by atoms with Crippen molar-refractivity contribution in [2.45, 2.75) is 33.6 Å². The summed E-state index contributed by atoms with van der Waals surface area (Å²) in [4.78, 5) is 8.61. The van der Waals surface area contributed by atoms with E-state index in [0.717, 1.165) is 32.9 Å². The van der Waals surface area contributed by atoms with Crippen molar-refractivity contribution in [2.24, 2.45) is 0 Å². The molecule has 0 atom stereocenters. The Labute approximate surface area is 299 Å². The normalized spacial score (nSPS) is 11.2. The van der Waals surface area contributed by atoms with Crippen molar-refractivity contribution >= 4 is 21.8 Å². The number of ether oxygens (including phenoxy) is 4. The van der Waals surface area contributed by atoms with Gasteiger partial charge in [-0.1, -0.05) is 26.0 Å². The average Bonchev–Trinajstić information content (AvgIpc) is 3.45. The van der Waals surface area contributed by atoms with Crippen LogP contribution < -0.4 is 18.9 Å². The van der Waals surface area contributed by atoms with Gasteiger partial charge in [-0.25, -0.2) is 9.97 Å². The van der Waals surface area contributed by atoms with E-state index in [1.54, 1.807) is 12.4 Å². The number of benzene rings is 4. The van der Waals surface area contributed by atoms with Gasteiger partial charge < -0.3 is 18.9 Å². The van der Waals surface area contributed by atoms with E-state index in [4.69, 9.17) is 18.9 Å². The molecule has 0 radical (unpaired) electrons. The predicted molar refractivity (Wildman–Crippen MR) is 197 cm³/mol. The van der Waals surface area contributed by atoms with E-state index < -0.39 is 0 Å². The Hall–Kier alpha value is -6.88. The maximum Gasteiger partial charge on any atom is 0.273 e. The lowest BCUT2D eigenvalue weighted by atomic mass is 10.1. The molecule has 256 valence electrons. The number of nitrogens with zero attached hydrogens (tertiary/aromatic N) is 7. The molecule has 0 unspecified atom stereocenters. The van der Waals surface area contributed by atoms with E-state index in [2.05, 4.69) is 30.4 Å². The lowest BCUT2D eigenvalue weighted by Gasteiger charge is -2.11. The second kappa shape index (κ2) is 13.8. The third-order valence-corrected chi connectivity index (χ3v) is 8.22. The number of hydrogen-bond donors (Lipinski definition) is 0. The van der Waals surface area contributed by atoms with E-state index in [9.17, 15) is 0 Å². The van der Waals surface area contributed by atoms with Crippen LogP contribution in [0.4, 0.5) is 0 Å². The fourth-order valence-electron chi connectivity index (χ4n) is 5.72. The molecule has 4 heterocycles. The Morgan fingerprint density at radius 2 is 0.923 bits per heavy atom. The van der Waals surface area contributed by atoms with E-state index in [0.29, 0.717) is 58.0 Å². The van der Waals surface area contributed by atoms with Crippen LogP contribution in [0.3, 0.4) is 0 Å². The molecule has 0 amide bonds. The van der Waals surface area contributed by atoms with E-state index in [1.807, 2.05) is 141 Å². The molecule has 52 heavy (non-hydrogen) atoms. The SMILES string of the molecule is Cc1ccnc(Oc2cccc(Oc3ccc4c5ccc(Oc6cccc(Oc7cc(C)ccn7)c6)cc5n(-c5nnc(C(C)C)nn5)c4c3)c2)c1. The lowest BCUT2D eigenvalue weighted by Crippen LogP contribution is -2.09. The third-order valence-electron chi connectivity index (χ3n) is 8.22. The van der Waals surface area contributed by atoms with E-state index >= 15 is 0 Å². The van der Waals surface area contributed by atoms with Crippen molar-refractivity contribution in [2.75, 3.05) is 0 Å². The minimum atomic E-state index is 0.0788. The van der Waals surface area contributed by atoms with Crippen LogP contribution in [0, 0.1) is 13.8 Å². The van der Waals surface area contributed by atoms with Gasteiger partial charge in [0.05, 0.1) is 11.0 Å². The summed E-state index contributed by atoms with van der Waals surface area (Å²) in [6, 6.07) is 34.3. The topological polar surface area (TPSA) is 119 Å². The van der Waals surface area contributed by atoms with Crippen LogP contribution in [-0.4, -0.2) is 34.9 Å². The van der Waals surface area contributed by atoms with Crippen molar-refractivity contribution in [3.05, 3.63) is 139 Å². The summed E-state index contributed by atoms with van der Waals surface area (Å²) < 4.78 is 26.6. The van der Waals surface area contributed by atoms with Gasteiger partial charge in [-0.3, -0.25) is 4.57 Å². The van der Waals surface area contributed by atoms with Gasteiger partial charge >= 0.3 is 0 Å². The number of hydrogen-bond acceptors (Lipinski definition) is 10. The lowest BCUT2D eigenvalue weighted by molar-refractivity contribution is 0.448. The van der Waals surface area contributed by atoms with Crippen LogP contribution in [-0.2, 0) is 0 Å².